The predicted molar refractivity (Wildman–Crippen MR) is 77.5 cm³/mol. The molecule has 3 rings (SSSR count). The molecule has 1 saturated carbocycles. The Bertz CT molecular complexity index is 666. The van der Waals surface area contributed by atoms with Crippen LogP contribution in [0.25, 0.3) is 5.65 Å². The van der Waals surface area contributed by atoms with Crippen LogP contribution in [-0.2, 0) is 0 Å². The first kappa shape index (κ1) is 13.4. The van der Waals surface area contributed by atoms with Gasteiger partial charge < -0.3 is 0 Å². The lowest BCUT2D eigenvalue weighted by Gasteiger charge is -2.14. The molecule has 0 aliphatic heterocycles. The fourth-order valence-electron chi connectivity index (χ4n) is 2.88. The number of hydrogen-bond acceptors (Lipinski definition) is 5. The smallest absolute Gasteiger partial charge is 0.198 e. The summed E-state index contributed by atoms with van der Waals surface area (Å²) >= 11 is 1.53. The van der Waals surface area contributed by atoms with Crippen LogP contribution in [0.4, 0.5) is 0 Å². The molecule has 0 radical (unpaired) electrons. The van der Waals surface area contributed by atoms with Gasteiger partial charge >= 0.3 is 0 Å². The Morgan fingerprint density at radius 1 is 1.35 bits per heavy atom. The summed E-state index contributed by atoms with van der Waals surface area (Å²) in [7, 11) is 0. The molecule has 2 aromatic rings. The lowest BCUT2D eigenvalue weighted by molar-refractivity contribution is 0.574. The number of fused-ring (bicyclic) bond motifs is 1. The van der Waals surface area contributed by atoms with Gasteiger partial charge in [-0.1, -0.05) is 24.6 Å². The maximum atomic E-state index is 9.43. The molecule has 1 unspecified atom stereocenters. The van der Waals surface area contributed by atoms with Gasteiger partial charge in [0.1, 0.15) is 11.1 Å². The molecule has 1 atom stereocenters. The molecule has 5 nitrogen and oxygen atoms in total. The van der Waals surface area contributed by atoms with Gasteiger partial charge in [-0.2, -0.15) is 5.26 Å². The molecule has 20 heavy (non-hydrogen) atoms. The highest BCUT2D eigenvalue weighted by Gasteiger charge is 2.27. The van der Waals surface area contributed by atoms with Crippen LogP contribution >= 0.6 is 11.8 Å². The van der Waals surface area contributed by atoms with Crippen molar-refractivity contribution in [3.63, 3.8) is 0 Å². The van der Waals surface area contributed by atoms with Gasteiger partial charge in [-0.15, -0.1) is 10.2 Å². The Morgan fingerprint density at radius 2 is 2.10 bits per heavy atom. The number of nitriles is 1. The molecule has 0 bridgehead atoms. The van der Waals surface area contributed by atoms with Crippen molar-refractivity contribution in [2.75, 3.05) is 0 Å². The summed E-state index contributed by atoms with van der Waals surface area (Å²) in [5.41, 5.74) is 1.74. The van der Waals surface area contributed by atoms with Gasteiger partial charge in [-0.05, 0) is 32.6 Å². The van der Waals surface area contributed by atoms with Crippen molar-refractivity contribution in [1.82, 2.24) is 19.6 Å². The molecule has 1 aliphatic carbocycles. The van der Waals surface area contributed by atoms with E-state index in [2.05, 4.69) is 21.3 Å². The minimum atomic E-state index is -0.0365. The van der Waals surface area contributed by atoms with Gasteiger partial charge in [0.15, 0.2) is 10.8 Å². The molecule has 6 heteroatoms. The first-order chi connectivity index (χ1) is 9.69. The quantitative estimate of drug-likeness (QED) is 0.812. The van der Waals surface area contributed by atoms with Crippen molar-refractivity contribution in [1.29, 1.82) is 5.26 Å². The normalized spacial score (nSPS) is 17.4. The van der Waals surface area contributed by atoms with E-state index in [0.29, 0.717) is 5.92 Å². The third-order valence-corrected chi connectivity index (χ3v) is 5.07. The second kappa shape index (κ2) is 5.41. The zero-order chi connectivity index (χ0) is 14.1. The number of aromatic nitrogens is 4. The van der Waals surface area contributed by atoms with Crippen molar-refractivity contribution < 1.29 is 0 Å². The molecule has 1 aliphatic rings. The highest BCUT2D eigenvalue weighted by molar-refractivity contribution is 8.00. The summed E-state index contributed by atoms with van der Waals surface area (Å²) in [5, 5.41) is 18.6. The largest absolute Gasteiger partial charge is 0.258 e. The Balaban J connectivity index is 1.92. The molecule has 104 valence electrons. The molecule has 0 amide bonds. The van der Waals surface area contributed by atoms with E-state index in [1.54, 1.807) is 0 Å². The maximum Gasteiger partial charge on any atom is 0.198 e. The number of thioether (sulfide) groups is 1. The van der Waals surface area contributed by atoms with E-state index in [9.17, 15) is 5.26 Å². The van der Waals surface area contributed by atoms with E-state index in [0.717, 1.165) is 35.2 Å². The van der Waals surface area contributed by atoms with E-state index in [4.69, 9.17) is 0 Å². The Morgan fingerprint density at radius 3 is 2.80 bits per heavy atom. The van der Waals surface area contributed by atoms with E-state index >= 15 is 0 Å². The monoisotopic (exact) mass is 287 g/mol. The van der Waals surface area contributed by atoms with Crippen LogP contribution < -0.4 is 0 Å². The highest BCUT2D eigenvalue weighted by Crippen LogP contribution is 2.36. The van der Waals surface area contributed by atoms with Gasteiger partial charge in [-0.25, -0.2) is 4.98 Å². The third kappa shape index (κ3) is 2.38. The van der Waals surface area contributed by atoms with E-state index < -0.39 is 0 Å². The van der Waals surface area contributed by atoms with Crippen molar-refractivity contribution in [3.8, 4) is 6.07 Å². The molecular weight excluding hydrogens is 270 g/mol. The fourth-order valence-corrected chi connectivity index (χ4v) is 4.04. The van der Waals surface area contributed by atoms with Crippen molar-refractivity contribution in [3.05, 3.63) is 17.6 Å². The van der Waals surface area contributed by atoms with Crippen LogP contribution in [0.15, 0.2) is 11.2 Å². The Hall–Kier alpha value is -1.61. The highest BCUT2D eigenvalue weighted by atomic mass is 32.2. The van der Waals surface area contributed by atoms with E-state index in [-0.39, 0.29) is 5.25 Å². The summed E-state index contributed by atoms with van der Waals surface area (Å²) in [6.45, 7) is 3.90. The van der Waals surface area contributed by atoms with Crippen LogP contribution in [-0.4, -0.2) is 24.8 Å². The summed E-state index contributed by atoms with van der Waals surface area (Å²) in [4.78, 5) is 4.45. The van der Waals surface area contributed by atoms with Crippen molar-refractivity contribution >= 4 is 17.4 Å². The summed E-state index contributed by atoms with van der Waals surface area (Å²) < 4.78 is 1.94. The van der Waals surface area contributed by atoms with Gasteiger partial charge in [-0.3, -0.25) is 4.40 Å². The van der Waals surface area contributed by atoms with Crippen molar-refractivity contribution in [2.45, 2.75) is 49.9 Å². The minimum absolute atomic E-state index is 0.0365. The molecular formula is C14H17N5S. The minimum Gasteiger partial charge on any atom is -0.258 e. The van der Waals surface area contributed by atoms with Crippen molar-refractivity contribution in [2.24, 2.45) is 5.92 Å². The topological polar surface area (TPSA) is 66.9 Å². The SMILES string of the molecule is Cc1cc2nnc(SC(C#N)C3CCCC3)n2c(C)n1. The average Bonchev–Trinajstić information content (AvgIpc) is 3.04. The van der Waals surface area contributed by atoms with Crippen LogP contribution in [0.2, 0.25) is 0 Å². The van der Waals surface area contributed by atoms with Crippen LogP contribution in [0.5, 0.6) is 0 Å². The molecule has 0 saturated heterocycles. The lowest BCUT2D eigenvalue weighted by atomic mass is 10.1. The number of hydrogen-bond donors (Lipinski definition) is 0. The fraction of sp³-hybridized carbons (Fsp3) is 0.571. The molecule has 2 aromatic heterocycles. The molecule has 2 heterocycles. The van der Waals surface area contributed by atoms with Crippen LogP contribution in [0.3, 0.4) is 0 Å². The zero-order valence-corrected chi connectivity index (χ0v) is 12.5. The average molecular weight is 287 g/mol. The van der Waals surface area contributed by atoms with E-state index in [1.165, 1.54) is 24.6 Å². The lowest BCUT2D eigenvalue weighted by Crippen LogP contribution is -2.12. The van der Waals surface area contributed by atoms with Crippen LogP contribution in [0.1, 0.15) is 37.2 Å². The number of aryl methyl sites for hydroxylation is 2. The van der Waals surface area contributed by atoms with Gasteiger partial charge in [0.25, 0.3) is 0 Å². The third-order valence-electron chi connectivity index (χ3n) is 3.85. The Labute approximate surface area is 122 Å². The summed E-state index contributed by atoms with van der Waals surface area (Å²) in [6.07, 6.45) is 4.78. The molecule has 0 spiro atoms. The second-order valence-electron chi connectivity index (χ2n) is 5.33. The van der Waals surface area contributed by atoms with Gasteiger partial charge in [0.2, 0.25) is 0 Å². The Kier molecular flexibility index (Phi) is 3.62. The standard InChI is InChI=1S/C14H17N5S/c1-9-7-13-17-18-14(19(13)10(2)16-9)20-12(8-15)11-5-3-4-6-11/h7,11-12H,3-6H2,1-2H3. The van der Waals surface area contributed by atoms with E-state index in [1.807, 2.05) is 24.3 Å². The predicted octanol–water partition coefficient (Wildman–Crippen LogP) is 2.92. The molecule has 1 fully saturated rings. The first-order valence-corrected chi connectivity index (χ1v) is 7.82. The van der Waals surface area contributed by atoms with Gasteiger partial charge in [0, 0.05) is 11.8 Å². The summed E-state index contributed by atoms with van der Waals surface area (Å²) in [6, 6.07) is 4.36. The molecule has 0 aromatic carbocycles. The van der Waals surface area contributed by atoms with Crippen LogP contribution in [0, 0.1) is 31.1 Å². The molecule has 0 N–H and O–H groups in total. The zero-order valence-electron chi connectivity index (χ0n) is 11.7. The number of rotatable bonds is 3. The number of nitrogens with zero attached hydrogens (tertiary/aromatic N) is 5. The second-order valence-corrected chi connectivity index (χ2v) is 6.44. The first-order valence-electron chi connectivity index (χ1n) is 6.94. The maximum absolute atomic E-state index is 9.43. The van der Waals surface area contributed by atoms with Gasteiger partial charge in [0.05, 0.1) is 6.07 Å². The summed E-state index contributed by atoms with van der Waals surface area (Å²) in [5.74, 6) is 1.35.